The SMILES string of the molecule is Cn1cccc1C1=NN(C(=O)CN(CCN2CCOCC2)C(=O)NC(C)(C)C)[C@H](c2ccc3c(c2)OCO3)C1. The number of hydrogen-bond acceptors (Lipinski definition) is 7. The van der Waals surface area contributed by atoms with Gasteiger partial charge in [0.2, 0.25) is 6.79 Å². The summed E-state index contributed by atoms with van der Waals surface area (Å²) >= 11 is 0. The summed E-state index contributed by atoms with van der Waals surface area (Å²) in [5.74, 6) is 1.10. The highest BCUT2D eigenvalue weighted by atomic mass is 16.7. The summed E-state index contributed by atoms with van der Waals surface area (Å²) in [6, 6.07) is 9.09. The van der Waals surface area contributed by atoms with Crippen molar-refractivity contribution in [3.63, 3.8) is 0 Å². The monoisotopic (exact) mass is 538 g/mol. The summed E-state index contributed by atoms with van der Waals surface area (Å²) in [5, 5.41) is 9.35. The first-order valence-electron chi connectivity index (χ1n) is 13.5. The summed E-state index contributed by atoms with van der Waals surface area (Å²) in [6.07, 6.45) is 2.51. The highest BCUT2D eigenvalue weighted by molar-refractivity contribution is 6.02. The molecular formula is C28H38N6O5. The molecule has 1 aromatic carbocycles. The normalized spacial score (nSPS) is 19.2. The lowest BCUT2D eigenvalue weighted by molar-refractivity contribution is -0.133. The first-order chi connectivity index (χ1) is 18.7. The molecule has 3 aliphatic heterocycles. The van der Waals surface area contributed by atoms with Crippen molar-refractivity contribution in [1.82, 2.24) is 24.7 Å². The number of rotatable bonds is 7. The number of carbonyl (C=O) groups is 2. The molecule has 0 unspecified atom stereocenters. The van der Waals surface area contributed by atoms with Gasteiger partial charge in [-0.1, -0.05) is 6.07 Å². The topological polar surface area (TPSA) is 101 Å². The molecule has 0 saturated carbocycles. The third kappa shape index (κ3) is 6.36. The fourth-order valence-electron chi connectivity index (χ4n) is 5.01. The summed E-state index contributed by atoms with van der Waals surface area (Å²) in [4.78, 5) is 31.0. The molecule has 0 radical (unpaired) electrons. The third-order valence-corrected chi connectivity index (χ3v) is 7.07. The zero-order chi connectivity index (χ0) is 27.6. The van der Waals surface area contributed by atoms with Crippen LogP contribution in [0, 0.1) is 0 Å². The molecule has 210 valence electrons. The first kappa shape index (κ1) is 27.0. The minimum Gasteiger partial charge on any atom is -0.454 e. The Labute approximate surface area is 229 Å². The summed E-state index contributed by atoms with van der Waals surface area (Å²) < 4.78 is 18.5. The van der Waals surface area contributed by atoms with Gasteiger partial charge in [-0.2, -0.15) is 5.10 Å². The van der Waals surface area contributed by atoms with Crippen LogP contribution in [0.15, 0.2) is 41.6 Å². The van der Waals surface area contributed by atoms with Crippen molar-refractivity contribution in [3.05, 3.63) is 47.8 Å². The van der Waals surface area contributed by atoms with E-state index in [0.29, 0.717) is 44.2 Å². The Morgan fingerprint density at radius 2 is 1.90 bits per heavy atom. The number of ether oxygens (including phenoxy) is 3. The van der Waals surface area contributed by atoms with Gasteiger partial charge in [0.15, 0.2) is 11.5 Å². The fraction of sp³-hybridized carbons (Fsp3) is 0.536. The van der Waals surface area contributed by atoms with E-state index in [1.165, 1.54) is 5.01 Å². The van der Waals surface area contributed by atoms with Crippen molar-refractivity contribution in [2.75, 3.05) is 52.7 Å². The van der Waals surface area contributed by atoms with Gasteiger partial charge in [-0.15, -0.1) is 0 Å². The minimum atomic E-state index is -0.433. The second kappa shape index (κ2) is 11.3. The van der Waals surface area contributed by atoms with Gasteiger partial charge in [0, 0.05) is 51.4 Å². The number of benzene rings is 1. The molecule has 0 spiro atoms. The van der Waals surface area contributed by atoms with Gasteiger partial charge in [-0.05, 0) is 50.6 Å². The Bertz CT molecular complexity index is 1230. The summed E-state index contributed by atoms with van der Waals surface area (Å²) in [6.45, 7) is 9.94. The van der Waals surface area contributed by atoms with E-state index < -0.39 is 5.54 Å². The average molecular weight is 539 g/mol. The molecular weight excluding hydrogens is 500 g/mol. The lowest BCUT2D eigenvalue weighted by atomic mass is 10.00. The molecule has 3 amide bonds. The van der Waals surface area contributed by atoms with E-state index in [1.54, 1.807) is 4.90 Å². The molecule has 1 aromatic heterocycles. The van der Waals surface area contributed by atoms with Crippen molar-refractivity contribution in [2.45, 2.75) is 38.8 Å². The predicted octanol–water partition coefficient (Wildman–Crippen LogP) is 2.57. The van der Waals surface area contributed by atoms with Crippen molar-refractivity contribution >= 4 is 17.6 Å². The smallest absolute Gasteiger partial charge is 0.318 e. The van der Waals surface area contributed by atoms with Gasteiger partial charge in [0.05, 0.1) is 30.7 Å². The molecule has 1 fully saturated rings. The zero-order valence-corrected chi connectivity index (χ0v) is 23.2. The van der Waals surface area contributed by atoms with E-state index in [4.69, 9.17) is 19.3 Å². The average Bonchev–Trinajstić information content (AvgIpc) is 3.64. The van der Waals surface area contributed by atoms with Crippen LogP contribution >= 0.6 is 0 Å². The van der Waals surface area contributed by atoms with Crippen LogP contribution in [-0.4, -0.2) is 95.3 Å². The zero-order valence-electron chi connectivity index (χ0n) is 23.2. The summed E-state index contributed by atoms with van der Waals surface area (Å²) in [7, 11) is 1.96. The molecule has 2 aromatic rings. The highest BCUT2D eigenvalue weighted by Crippen LogP contribution is 2.39. The van der Waals surface area contributed by atoms with E-state index in [0.717, 1.165) is 30.1 Å². The molecule has 11 nitrogen and oxygen atoms in total. The summed E-state index contributed by atoms with van der Waals surface area (Å²) in [5.41, 5.74) is 2.24. The lowest BCUT2D eigenvalue weighted by Gasteiger charge is -2.32. The number of amides is 3. The van der Waals surface area contributed by atoms with Crippen molar-refractivity contribution in [3.8, 4) is 11.5 Å². The maximum Gasteiger partial charge on any atom is 0.318 e. The second-order valence-corrected chi connectivity index (χ2v) is 11.2. The van der Waals surface area contributed by atoms with Gasteiger partial charge in [-0.25, -0.2) is 9.80 Å². The second-order valence-electron chi connectivity index (χ2n) is 11.2. The van der Waals surface area contributed by atoms with Crippen LogP contribution in [-0.2, 0) is 16.6 Å². The Kier molecular flexibility index (Phi) is 7.81. The van der Waals surface area contributed by atoms with Crippen LogP contribution in [0.4, 0.5) is 4.79 Å². The van der Waals surface area contributed by atoms with Gasteiger partial charge in [0.1, 0.15) is 6.54 Å². The van der Waals surface area contributed by atoms with Crippen molar-refractivity contribution in [1.29, 1.82) is 0 Å². The Morgan fingerprint density at radius 1 is 1.13 bits per heavy atom. The maximum absolute atomic E-state index is 13.9. The highest BCUT2D eigenvalue weighted by Gasteiger charge is 2.36. The first-order valence-corrected chi connectivity index (χ1v) is 13.5. The van der Waals surface area contributed by atoms with E-state index in [2.05, 4.69) is 10.2 Å². The molecule has 39 heavy (non-hydrogen) atoms. The number of urea groups is 1. The molecule has 3 aliphatic rings. The van der Waals surface area contributed by atoms with E-state index >= 15 is 0 Å². The number of aromatic nitrogens is 1. The van der Waals surface area contributed by atoms with Gasteiger partial charge in [0.25, 0.3) is 5.91 Å². The number of hydrazone groups is 1. The standard InChI is InChI=1S/C28H38N6O5/c1-28(2,3)29-27(36)33(11-10-32-12-14-37-15-13-32)18-26(35)34-23(17-21(30-34)22-6-5-9-31(22)4)20-7-8-24-25(16-20)39-19-38-24/h5-9,16,23H,10-15,17-19H2,1-4H3,(H,29,36)/t23-/m0/s1. The number of morpholine rings is 1. The van der Waals surface area contributed by atoms with Crippen molar-refractivity contribution in [2.24, 2.45) is 12.1 Å². The molecule has 1 saturated heterocycles. The van der Waals surface area contributed by atoms with Crippen LogP contribution in [0.1, 0.15) is 44.5 Å². The van der Waals surface area contributed by atoms with Gasteiger partial charge >= 0.3 is 6.03 Å². The van der Waals surface area contributed by atoms with Gasteiger partial charge in [-0.3, -0.25) is 9.69 Å². The lowest BCUT2D eigenvalue weighted by Crippen LogP contribution is -2.53. The Balaban J connectivity index is 1.38. The van der Waals surface area contributed by atoms with Crippen LogP contribution in [0.25, 0.3) is 0 Å². The third-order valence-electron chi connectivity index (χ3n) is 7.07. The minimum absolute atomic E-state index is 0.0861. The number of fused-ring (bicyclic) bond motifs is 1. The molecule has 1 atom stereocenters. The Hall–Kier alpha value is -3.57. The number of aryl methyl sites for hydroxylation is 1. The van der Waals surface area contributed by atoms with E-state index in [-0.39, 0.29) is 31.3 Å². The van der Waals surface area contributed by atoms with Crippen molar-refractivity contribution < 1.29 is 23.8 Å². The largest absolute Gasteiger partial charge is 0.454 e. The number of hydrogen-bond donors (Lipinski definition) is 1. The quantitative estimate of drug-likeness (QED) is 0.582. The van der Waals surface area contributed by atoms with Crippen LogP contribution in [0.2, 0.25) is 0 Å². The van der Waals surface area contributed by atoms with Crippen LogP contribution in [0.3, 0.4) is 0 Å². The molecule has 0 aliphatic carbocycles. The van der Waals surface area contributed by atoms with Gasteiger partial charge < -0.3 is 29.0 Å². The van der Waals surface area contributed by atoms with Crippen LogP contribution < -0.4 is 14.8 Å². The predicted molar refractivity (Wildman–Crippen MR) is 146 cm³/mol. The molecule has 4 heterocycles. The molecule has 5 rings (SSSR count). The maximum atomic E-state index is 13.9. The van der Waals surface area contributed by atoms with E-state index in [1.807, 2.05) is 68.9 Å². The number of nitrogens with one attached hydrogen (secondary N) is 1. The number of nitrogens with zero attached hydrogens (tertiary/aromatic N) is 5. The molecule has 0 bridgehead atoms. The van der Waals surface area contributed by atoms with E-state index in [9.17, 15) is 9.59 Å². The fourth-order valence-corrected chi connectivity index (χ4v) is 5.01. The number of carbonyl (C=O) groups excluding carboxylic acids is 2. The molecule has 1 N–H and O–H groups in total. The Morgan fingerprint density at radius 3 is 2.62 bits per heavy atom. The van der Waals surface area contributed by atoms with Crippen LogP contribution in [0.5, 0.6) is 11.5 Å². The molecule has 11 heteroatoms.